The molecule has 2 amide bonds. The van der Waals surface area contributed by atoms with Crippen molar-refractivity contribution in [3.63, 3.8) is 0 Å². The topological polar surface area (TPSA) is 90.5 Å². The van der Waals surface area contributed by atoms with E-state index in [1.54, 1.807) is 31.2 Å². The van der Waals surface area contributed by atoms with Gasteiger partial charge in [0, 0.05) is 23.5 Å². The molecule has 0 saturated heterocycles. The summed E-state index contributed by atoms with van der Waals surface area (Å²) in [6.45, 7) is 5.97. The lowest BCUT2D eigenvalue weighted by atomic mass is 10.1. The molecule has 0 saturated carbocycles. The molecule has 1 atom stereocenters. The van der Waals surface area contributed by atoms with Crippen LogP contribution in [0.1, 0.15) is 28.4 Å². The minimum absolute atomic E-state index is 0.153. The van der Waals surface area contributed by atoms with Crippen molar-refractivity contribution in [1.29, 1.82) is 0 Å². The van der Waals surface area contributed by atoms with E-state index in [0.29, 0.717) is 11.3 Å². The smallest absolute Gasteiger partial charge is 0.251 e. The van der Waals surface area contributed by atoms with Crippen LogP contribution in [0.4, 0.5) is 11.4 Å². The summed E-state index contributed by atoms with van der Waals surface area (Å²) in [5.41, 5.74) is 4.28. The first kappa shape index (κ1) is 19.5. The van der Waals surface area contributed by atoms with Gasteiger partial charge in [-0.25, -0.2) is 0 Å². The fourth-order valence-electron chi connectivity index (χ4n) is 2.44. The normalized spacial score (nSPS) is 11.5. The van der Waals surface area contributed by atoms with Crippen LogP contribution < -0.4 is 16.0 Å². The fraction of sp³-hybridized carbons (Fsp3) is 0.300. The van der Waals surface area contributed by atoms with Gasteiger partial charge in [-0.15, -0.1) is 0 Å². The highest BCUT2D eigenvalue weighted by molar-refractivity contribution is 5.96. The average molecular weight is 355 g/mol. The third kappa shape index (κ3) is 5.89. The van der Waals surface area contributed by atoms with E-state index in [4.69, 9.17) is 0 Å². The molecule has 2 aromatic carbocycles. The number of aryl methyl sites for hydroxylation is 2. The summed E-state index contributed by atoms with van der Waals surface area (Å²) in [6.07, 6.45) is -0.595. The predicted octanol–water partition coefficient (Wildman–Crippen LogP) is 2.46. The molecule has 2 rings (SSSR count). The van der Waals surface area contributed by atoms with Gasteiger partial charge in [0.05, 0.1) is 12.6 Å². The minimum atomic E-state index is -0.595. The van der Waals surface area contributed by atoms with Crippen LogP contribution in [0, 0.1) is 13.8 Å². The molecule has 0 aliphatic rings. The Morgan fingerprint density at radius 2 is 1.77 bits per heavy atom. The molecular weight excluding hydrogens is 330 g/mol. The van der Waals surface area contributed by atoms with Crippen molar-refractivity contribution in [1.82, 2.24) is 5.32 Å². The van der Waals surface area contributed by atoms with Crippen molar-refractivity contribution in [3.05, 3.63) is 59.2 Å². The van der Waals surface area contributed by atoms with Gasteiger partial charge >= 0.3 is 0 Å². The second-order valence-electron chi connectivity index (χ2n) is 6.36. The van der Waals surface area contributed by atoms with E-state index in [9.17, 15) is 14.7 Å². The van der Waals surface area contributed by atoms with Crippen LogP contribution in [-0.2, 0) is 4.79 Å². The van der Waals surface area contributed by atoms with Gasteiger partial charge in [0.15, 0.2) is 0 Å². The van der Waals surface area contributed by atoms with Crippen LogP contribution in [0.25, 0.3) is 0 Å². The molecule has 6 nitrogen and oxygen atoms in total. The summed E-state index contributed by atoms with van der Waals surface area (Å²) in [4.78, 5) is 24.0. The van der Waals surface area contributed by atoms with Crippen LogP contribution >= 0.6 is 0 Å². The summed E-state index contributed by atoms with van der Waals surface area (Å²) in [7, 11) is 0. The van der Waals surface area contributed by atoms with Gasteiger partial charge in [-0.2, -0.15) is 0 Å². The lowest BCUT2D eigenvalue weighted by molar-refractivity contribution is -0.114. The first-order valence-electron chi connectivity index (χ1n) is 8.52. The Morgan fingerprint density at radius 1 is 1.08 bits per heavy atom. The summed E-state index contributed by atoms with van der Waals surface area (Å²) >= 11 is 0. The molecule has 0 radical (unpaired) electrons. The van der Waals surface area contributed by atoms with E-state index in [-0.39, 0.29) is 24.9 Å². The zero-order valence-corrected chi connectivity index (χ0v) is 15.3. The average Bonchev–Trinajstić information content (AvgIpc) is 2.59. The summed E-state index contributed by atoms with van der Waals surface area (Å²) < 4.78 is 0. The van der Waals surface area contributed by atoms with E-state index in [0.717, 1.165) is 11.3 Å². The van der Waals surface area contributed by atoms with E-state index in [1.807, 2.05) is 26.0 Å². The van der Waals surface area contributed by atoms with Gasteiger partial charge < -0.3 is 21.1 Å². The number of nitrogens with one attached hydrogen (secondary N) is 3. The van der Waals surface area contributed by atoms with E-state index in [2.05, 4.69) is 22.0 Å². The number of aliphatic hydroxyl groups excluding tert-OH is 1. The van der Waals surface area contributed by atoms with Gasteiger partial charge in [-0.05, 0) is 56.7 Å². The van der Waals surface area contributed by atoms with E-state index < -0.39 is 6.10 Å². The lowest BCUT2D eigenvalue weighted by Crippen LogP contribution is -2.30. The fourth-order valence-corrected chi connectivity index (χ4v) is 2.44. The van der Waals surface area contributed by atoms with Crippen LogP contribution in [0.15, 0.2) is 42.5 Å². The SMILES string of the molecule is Cc1ccc(NCC(=O)Nc2ccc(C(=O)NCC(C)O)cc2)c(C)c1. The molecule has 1 unspecified atom stereocenters. The summed E-state index contributed by atoms with van der Waals surface area (Å²) in [5.74, 6) is -0.434. The Kier molecular flexibility index (Phi) is 6.74. The number of rotatable bonds is 7. The van der Waals surface area contributed by atoms with Gasteiger partial charge in [0.1, 0.15) is 0 Å². The number of hydrogen-bond acceptors (Lipinski definition) is 4. The second kappa shape index (κ2) is 9.01. The van der Waals surface area contributed by atoms with Crippen LogP contribution in [0.3, 0.4) is 0 Å². The van der Waals surface area contributed by atoms with Crippen molar-refractivity contribution in [2.24, 2.45) is 0 Å². The van der Waals surface area contributed by atoms with E-state index >= 15 is 0 Å². The van der Waals surface area contributed by atoms with Gasteiger partial charge in [0.25, 0.3) is 5.91 Å². The number of hydrogen-bond donors (Lipinski definition) is 4. The van der Waals surface area contributed by atoms with Crippen LogP contribution in [0.2, 0.25) is 0 Å². The summed E-state index contributed by atoms with van der Waals surface area (Å²) in [6, 6.07) is 12.6. The lowest BCUT2D eigenvalue weighted by Gasteiger charge is -2.11. The molecule has 0 aromatic heterocycles. The molecule has 0 bridgehead atoms. The number of aliphatic hydroxyl groups is 1. The Balaban J connectivity index is 1.86. The number of amides is 2. The molecular formula is C20H25N3O3. The van der Waals surface area contributed by atoms with Crippen molar-refractivity contribution in [2.75, 3.05) is 23.7 Å². The number of anilines is 2. The highest BCUT2D eigenvalue weighted by atomic mass is 16.3. The quantitative estimate of drug-likeness (QED) is 0.614. The first-order chi connectivity index (χ1) is 12.3. The monoisotopic (exact) mass is 355 g/mol. The third-order valence-corrected chi connectivity index (χ3v) is 3.81. The zero-order valence-electron chi connectivity index (χ0n) is 15.3. The predicted molar refractivity (Wildman–Crippen MR) is 103 cm³/mol. The Bertz CT molecular complexity index is 770. The highest BCUT2D eigenvalue weighted by Gasteiger charge is 2.08. The molecule has 6 heteroatoms. The maximum Gasteiger partial charge on any atom is 0.251 e. The Hall–Kier alpha value is -2.86. The maximum atomic E-state index is 12.1. The third-order valence-electron chi connectivity index (χ3n) is 3.81. The number of benzene rings is 2. The molecule has 0 heterocycles. The van der Waals surface area contributed by atoms with Gasteiger partial charge in [-0.3, -0.25) is 9.59 Å². The highest BCUT2D eigenvalue weighted by Crippen LogP contribution is 2.16. The Labute approximate surface area is 153 Å². The molecule has 0 aliphatic carbocycles. The molecule has 0 spiro atoms. The molecule has 138 valence electrons. The molecule has 26 heavy (non-hydrogen) atoms. The zero-order chi connectivity index (χ0) is 19.1. The number of carbonyl (C=O) groups is 2. The minimum Gasteiger partial charge on any atom is -0.392 e. The summed E-state index contributed by atoms with van der Waals surface area (Å²) in [5, 5.41) is 17.7. The maximum absolute atomic E-state index is 12.1. The molecule has 0 aliphatic heterocycles. The first-order valence-corrected chi connectivity index (χ1v) is 8.52. The molecule has 2 aromatic rings. The largest absolute Gasteiger partial charge is 0.392 e. The number of carbonyl (C=O) groups excluding carboxylic acids is 2. The van der Waals surface area contributed by atoms with Crippen molar-refractivity contribution in [2.45, 2.75) is 26.9 Å². The van der Waals surface area contributed by atoms with E-state index in [1.165, 1.54) is 5.56 Å². The molecule has 0 fully saturated rings. The van der Waals surface area contributed by atoms with Gasteiger partial charge in [0.2, 0.25) is 5.91 Å². The van der Waals surface area contributed by atoms with Crippen LogP contribution in [-0.4, -0.2) is 36.1 Å². The van der Waals surface area contributed by atoms with Crippen molar-refractivity contribution >= 4 is 23.2 Å². The van der Waals surface area contributed by atoms with Crippen molar-refractivity contribution in [3.8, 4) is 0 Å². The Morgan fingerprint density at radius 3 is 2.38 bits per heavy atom. The van der Waals surface area contributed by atoms with Crippen LogP contribution in [0.5, 0.6) is 0 Å². The molecule has 4 N–H and O–H groups in total. The standard InChI is InChI=1S/C20H25N3O3/c1-13-4-9-18(14(2)10-13)21-12-19(25)23-17-7-5-16(6-8-17)20(26)22-11-15(3)24/h4-10,15,21,24H,11-12H2,1-3H3,(H,22,26)(H,23,25). The van der Waals surface area contributed by atoms with Crippen molar-refractivity contribution < 1.29 is 14.7 Å². The second-order valence-corrected chi connectivity index (χ2v) is 6.36. The van der Waals surface area contributed by atoms with Gasteiger partial charge in [-0.1, -0.05) is 17.7 Å².